The summed E-state index contributed by atoms with van der Waals surface area (Å²) in [6.07, 6.45) is 1.50. The molecule has 1 heterocycles. The topological polar surface area (TPSA) is 38.3 Å². The highest BCUT2D eigenvalue weighted by Gasteiger charge is 2.35. The van der Waals surface area contributed by atoms with E-state index in [1.54, 1.807) is 0 Å². The average molecular weight is 217 g/mol. The summed E-state index contributed by atoms with van der Waals surface area (Å²) in [5.41, 5.74) is 1.82. The summed E-state index contributed by atoms with van der Waals surface area (Å²) in [7, 11) is 0. The molecule has 0 aliphatic carbocycles. The Labute approximate surface area is 95.1 Å². The second-order valence-electron chi connectivity index (χ2n) is 4.56. The van der Waals surface area contributed by atoms with Gasteiger partial charge in [-0.2, -0.15) is 0 Å². The Bertz CT molecular complexity index is 444. The number of cyclic esters (lactones) is 1. The van der Waals surface area contributed by atoms with Crippen molar-refractivity contribution < 1.29 is 9.53 Å². The maximum absolute atomic E-state index is 11.1. The van der Waals surface area contributed by atoms with E-state index < -0.39 is 5.54 Å². The standard InChI is InChI=1S/C13H15NO2/c1-9-4-6-10(7-5-9)8-11-13(2,3)14-12(15)16-11/h4-8H,1-3H3,(H,14,15)/b11-8-. The fraction of sp³-hybridized carbons (Fsp3) is 0.308. The van der Waals surface area contributed by atoms with Crippen molar-refractivity contribution in [3.63, 3.8) is 0 Å². The summed E-state index contributed by atoms with van der Waals surface area (Å²) < 4.78 is 5.12. The van der Waals surface area contributed by atoms with E-state index in [0.717, 1.165) is 5.56 Å². The minimum Gasteiger partial charge on any atom is -0.412 e. The molecule has 1 amide bonds. The number of aryl methyl sites for hydroxylation is 1. The Morgan fingerprint density at radius 2 is 1.88 bits per heavy atom. The zero-order chi connectivity index (χ0) is 11.8. The van der Waals surface area contributed by atoms with E-state index in [9.17, 15) is 4.79 Å². The van der Waals surface area contributed by atoms with Crippen LogP contribution in [-0.2, 0) is 4.74 Å². The number of rotatable bonds is 1. The molecule has 0 aromatic heterocycles. The van der Waals surface area contributed by atoms with Gasteiger partial charge in [0.15, 0.2) is 0 Å². The first-order valence-corrected chi connectivity index (χ1v) is 5.26. The highest BCUT2D eigenvalue weighted by atomic mass is 16.6. The molecule has 3 nitrogen and oxygen atoms in total. The lowest BCUT2D eigenvalue weighted by atomic mass is 10.0. The molecular formula is C13H15NO2. The monoisotopic (exact) mass is 217 g/mol. The van der Waals surface area contributed by atoms with Crippen molar-refractivity contribution in [1.82, 2.24) is 5.32 Å². The summed E-state index contributed by atoms with van der Waals surface area (Å²) in [5.74, 6) is 0.654. The molecule has 1 saturated heterocycles. The van der Waals surface area contributed by atoms with Gasteiger partial charge in [0.2, 0.25) is 0 Å². The molecule has 1 N–H and O–H groups in total. The number of carbonyl (C=O) groups is 1. The fourth-order valence-corrected chi connectivity index (χ4v) is 1.59. The van der Waals surface area contributed by atoms with Crippen LogP contribution in [0.4, 0.5) is 4.79 Å². The molecule has 16 heavy (non-hydrogen) atoms. The normalized spacial score (nSPS) is 20.7. The van der Waals surface area contributed by atoms with Crippen LogP contribution in [-0.4, -0.2) is 11.6 Å². The molecule has 0 bridgehead atoms. The highest BCUT2D eigenvalue weighted by Crippen LogP contribution is 2.26. The molecule has 1 aliphatic rings. The number of nitrogens with one attached hydrogen (secondary N) is 1. The van der Waals surface area contributed by atoms with Gasteiger partial charge in [0, 0.05) is 0 Å². The number of ether oxygens (including phenoxy) is 1. The molecule has 0 saturated carbocycles. The molecule has 1 aromatic carbocycles. The van der Waals surface area contributed by atoms with Crippen molar-refractivity contribution in [3.8, 4) is 0 Å². The first kappa shape index (κ1) is 10.7. The van der Waals surface area contributed by atoms with E-state index in [2.05, 4.69) is 5.32 Å². The lowest BCUT2D eigenvalue weighted by molar-refractivity contribution is 0.195. The van der Waals surface area contributed by atoms with Crippen LogP contribution in [0.5, 0.6) is 0 Å². The van der Waals surface area contributed by atoms with Crippen LogP contribution in [0.25, 0.3) is 6.08 Å². The first-order chi connectivity index (χ1) is 7.47. The summed E-state index contributed by atoms with van der Waals surface area (Å²) in [5, 5.41) is 2.75. The Hall–Kier alpha value is -1.77. The number of hydrogen-bond donors (Lipinski definition) is 1. The van der Waals surface area contributed by atoms with Crippen LogP contribution in [0.1, 0.15) is 25.0 Å². The largest absolute Gasteiger partial charge is 0.413 e. The number of benzene rings is 1. The number of carbonyl (C=O) groups excluding carboxylic acids is 1. The lowest BCUT2D eigenvalue weighted by Crippen LogP contribution is -2.35. The summed E-state index contributed by atoms with van der Waals surface area (Å²) in [6.45, 7) is 5.87. The van der Waals surface area contributed by atoms with Crippen molar-refractivity contribution >= 4 is 12.2 Å². The Morgan fingerprint density at radius 1 is 1.25 bits per heavy atom. The minimum atomic E-state index is -0.429. The van der Waals surface area contributed by atoms with Gasteiger partial charge in [-0.05, 0) is 32.4 Å². The van der Waals surface area contributed by atoms with E-state index in [1.807, 2.05) is 51.1 Å². The third kappa shape index (κ3) is 2.08. The third-order valence-electron chi connectivity index (χ3n) is 2.61. The number of alkyl carbamates (subject to hydrolysis) is 1. The van der Waals surface area contributed by atoms with E-state index >= 15 is 0 Å². The lowest BCUT2D eigenvalue weighted by Gasteiger charge is -2.15. The molecule has 2 rings (SSSR count). The predicted molar refractivity (Wildman–Crippen MR) is 62.9 cm³/mol. The van der Waals surface area contributed by atoms with Gasteiger partial charge in [-0.25, -0.2) is 4.79 Å². The van der Waals surface area contributed by atoms with Gasteiger partial charge >= 0.3 is 6.09 Å². The van der Waals surface area contributed by atoms with Crippen molar-refractivity contribution in [3.05, 3.63) is 41.2 Å². The second kappa shape index (κ2) is 3.67. The summed E-state index contributed by atoms with van der Waals surface area (Å²) >= 11 is 0. The second-order valence-corrected chi connectivity index (χ2v) is 4.56. The maximum atomic E-state index is 11.1. The van der Waals surface area contributed by atoms with Crippen molar-refractivity contribution in [2.45, 2.75) is 26.3 Å². The Morgan fingerprint density at radius 3 is 2.38 bits per heavy atom. The Kier molecular flexibility index (Phi) is 2.46. The van der Waals surface area contributed by atoms with Crippen LogP contribution in [0.15, 0.2) is 30.0 Å². The van der Waals surface area contributed by atoms with E-state index in [1.165, 1.54) is 5.56 Å². The van der Waals surface area contributed by atoms with Gasteiger partial charge in [0.05, 0.1) is 5.54 Å². The van der Waals surface area contributed by atoms with Gasteiger partial charge in [-0.3, -0.25) is 0 Å². The summed E-state index contributed by atoms with van der Waals surface area (Å²) in [4.78, 5) is 11.1. The van der Waals surface area contributed by atoms with Gasteiger partial charge in [0.1, 0.15) is 5.76 Å². The molecule has 1 aliphatic heterocycles. The van der Waals surface area contributed by atoms with E-state index in [0.29, 0.717) is 5.76 Å². The molecule has 84 valence electrons. The molecule has 0 radical (unpaired) electrons. The quantitative estimate of drug-likeness (QED) is 0.785. The van der Waals surface area contributed by atoms with E-state index in [4.69, 9.17) is 4.74 Å². The molecular weight excluding hydrogens is 202 g/mol. The average Bonchev–Trinajstić information content (AvgIpc) is 2.43. The number of amides is 1. The van der Waals surface area contributed by atoms with Gasteiger partial charge < -0.3 is 10.1 Å². The Balaban J connectivity index is 2.31. The molecule has 1 aromatic rings. The third-order valence-corrected chi connectivity index (χ3v) is 2.61. The predicted octanol–water partition coefficient (Wildman–Crippen LogP) is 2.85. The van der Waals surface area contributed by atoms with Crippen LogP contribution in [0, 0.1) is 6.92 Å². The molecule has 3 heteroatoms. The molecule has 0 atom stereocenters. The smallest absolute Gasteiger partial charge is 0.412 e. The molecule has 1 fully saturated rings. The molecule has 0 unspecified atom stereocenters. The fourth-order valence-electron chi connectivity index (χ4n) is 1.59. The highest BCUT2D eigenvalue weighted by molar-refractivity contribution is 5.76. The first-order valence-electron chi connectivity index (χ1n) is 5.26. The maximum Gasteiger partial charge on any atom is 0.413 e. The van der Waals surface area contributed by atoms with Gasteiger partial charge in [-0.1, -0.05) is 29.8 Å². The van der Waals surface area contributed by atoms with Gasteiger partial charge in [0.25, 0.3) is 0 Å². The van der Waals surface area contributed by atoms with E-state index in [-0.39, 0.29) is 6.09 Å². The van der Waals surface area contributed by atoms with Crippen LogP contribution in [0.3, 0.4) is 0 Å². The molecule has 0 spiro atoms. The van der Waals surface area contributed by atoms with Gasteiger partial charge in [-0.15, -0.1) is 0 Å². The zero-order valence-electron chi connectivity index (χ0n) is 9.70. The number of hydrogen-bond acceptors (Lipinski definition) is 2. The van der Waals surface area contributed by atoms with Crippen molar-refractivity contribution in [2.24, 2.45) is 0 Å². The minimum absolute atomic E-state index is 0.386. The van der Waals surface area contributed by atoms with Crippen LogP contribution >= 0.6 is 0 Å². The SMILES string of the molecule is Cc1ccc(/C=C2\OC(=O)NC2(C)C)cc1. The summed E-state index contributed by atoms with van der Waals surface area (Å²) in [6, 6.07) is 8.07. The van der Waals surface area contributed by atoms with Crippen molar-refractivity contribution in [2.75, 3.05) is 0 Å². The van der Waals surface area contributed by atoms with Crippen LogP contribution < -0.4 is 5.32 Å². The zero-order valence-corrected chi connectivity index (χ0v) is 9.70. The van der Waals surface area contributed by atoms with Crippen molar-refractivity contribution in [1.29, 1.82) is 0 Å². The van der Waals surface area contributed by atoms with Crippen LogP contribution in [0.2, 0.25) is 0 Å².